The Balaban J connectivity index is 2.19. The molecular weight excluding hydrogens is 341 g/mol. The number of halogens is 1. The molecule has 0 saturated carbocycles. The van der Waals surface area contributed by atoms with Crippen LogP contribution in [0.2, 0.25) is 0 Å². The highest BCUT2D eigenvalue weighted by Gasteiger charge is 2.20. The second-order valence-electron chi connectivity index (χ2n) is 6.26. The Kier molecular flexibility index (Phi) is 4.24. The summed E-state index contributed by atoms with van der Waals surface area (Å²) in [7, 11) is -3.62. The van der Waals surface area contributed by atoms with E-state index in [1.54, 1.807) is 13.0 Å². The number of sulfone groups is 1. The average Bonchev–Trinajstić information content (AvgIpc) is 2.86. The molecule has 130 valence electrons. The van der Waals surface area contributed by atoms with Gasteiger partial charge in [-0.2, -0.15) is 0 Å². The van der Waals surface area contributed by atoms with Crippen LogP contribution in [0.15, 0.2) is 45.8 Å². The molecule has 0 unspecified atom stereocenters. The molecule has 0 spiro atoms. The third-order valence-electron chi connectivity index (χ3n) is 3.98. The van der Waals surface area contributed by atoms with Gasteiger partial charge in [-0.1, -0.05) is 28.4 Å². The van der Waals surface area contributed by atoms with Crippen LogP contribution in [0.25, 0.3) is 22.4 Å². The molecule has 0 aliphatic heterocycles. The lowest BCUT2D eigenvalue weighted by atomic mass is 9.97. The molecule has 0 aliphatic carbocycles. The van der Waals surface area contributed by atoms with Crippen molar-refractivity contribution in [2.24, 2.45) is 0 Å². The molecule has 0 fully saturated rings. The predicted molar refractivity (Wildman–Crippen MR) is 94.7 cm³/mol. The van der Waals surface area contributed by atoms with Crippen molar-refractivity contribution in [1.82, 2.24) is 5.16 Å². The van der Waals surface area contributed by atoms with Crippen molar-refractivity contribution in [2.75, 3.05) is 6.26 Å². The maximum atomic E-state index is 14.3. The molecule has 1 aromatic heterocycles. The second-order valence-corrected chi connectivity index (χ2v) is 8.24. The highest BCUT2D eigenvalue weighted by atomic mass is 32.2. The maximum absolute atomic E-state index is 14.3. The summed E-state index contributed by atoms with van der Waals surface area (Å²) in [6, 6.07) is 10.1. The van der Waals surface area contributed by atoms with Crippen LogP contribution in [0.4, 0.5) is 4.39 Å². The van der Waals surface area contributed by atoms with Crippen molar-refractivity contribution in [3.8, 4) is 22.4 Å². The van der Waals surface area contributed by atoms with Gasteiger partial charge in [0.25, 0.3) is 0 Å². The summed E-state index contributed by atoms with van der Waals surface area (Å²) in [5.41, 5.74) is 4.83. The minimum atomic E-state index is -3.62. The van der Waals surface area contributed by atoms with Crippen LogP contribution >= 0.6 is 0 Å². The summed E-state index contributed by atoms with van der Waals surface area (Å²) < 4.78 is 42.9. The molecule has 3 rings (SSSR count). The van der Waals surface area contributed by atoms with Gasteiger partial charge in [0.15, 0.2) is 9.84 Å². The van der Waals surface area contributed by atoms with Crippen molar-refractivity contribution >= 4 is 9.84 Å². The van der Waals surface area contributed by atoms with E-state index < -0.39 is 15.7 Å². The van der Waals surface area contributed by atoms with Gasteiger partial charge < -0.3 is 4.52 Å². The Morgan fingerprint density at radius 2 is 1.60 bits per heavy atom. The Morgan fingerprint density at radius 3 is 2.16 bits per heavy atom. The first-order chi connectivity index (χ1) is 11.7. The van der Waals surface area contributed by atoms with Gasteiger partial charge in [-0.15, -0.1) is 0 Å². The number of nitrogens with zero attached hydrogens (tertiary/aromatic N) is 1. The molecule has 4 nitrogen and oxygen atoms in total. The van der Waals surface area contributed by atoms with Gasteiger partial charge in [0.1, 0.15) is 22.2 Å². The summed E-state index contributed by atoms with van der Waals surface area (Å²) in [5.74, 6) is -0.243. The van der Waals surface area contributed by atoms with Crippen LogP contribution < -0.4 is 0 Å². The van der Waals surface area contributed by atoms with E-state index in [1.807, 2.05) is 26.0 Å². The highest BCUT2D eigenvalue weighted by molar-refractivity contribution is 7.90. The van der Waals surface area contributed by atoms with Gasteiger partial charge in [0.05, 0.1) is 5.56 Å². The molecule has 1 heterocycles. The Hall–Kier alpha value is -2.47. The Labute approximate surface area is 146 Å². The standard InChI is InChI=1S/C19H18FNO3S/c1-11-7-12(2)9-15(8-11)19-18(13(3)24-21-19)14-5-6-17(16(20)10-14)25(4,22)23/h5-10H,1-4H3. The first kappa shape index (κ1) is 17.4. The van der Waals surface area contributed by atoms with Crippen LogP contribution in [0, 0.1) is 26.6 Å². The molecule has 2 aromatic carbocycles. The van der Waals surface area contributed by atoms with Crippen LogP contribution in [-0.4, -0.2) is 19.8 Å². The van der Waals surface area contributed by atoms with Crippen molar-refractivity contribution in [1.29, 1.82) is 0 Å². The third kappa shape index (κ3) is 3.35. The van der Waals surface area contributed by atoms with Crippen LogP contribution in [0.1, 0.15) is 16.9 Å². The number of aromatic nitrogens is 1. The Bertz CT molecular complexity index is 1050. The zero-order chi connectivity index (χ0) is 18.4. The maximum Gasteiger partial charge on any atom is 0.178 e. The predicted octanol–water partition coefficient (Wildman–Crippen LogP) is 4.48. The normalized spacial score (nSPS) is 11.7. The number of aryl methyl sites for hydroxylation is 3. The van der Waals surface area contributed by atoms with Crippen molar-refractivity contribution in [3.05, 3.63) is 59.1 Å². The first-order valence-corrected chi connectivity index (χ1v) is 9.61. The topological polar surface area (TPSA) is 60.2 Å². The zero-order valence-corrected chi connectivity index (χ0v) is 15.2. The molecule has 0 N–H and O–H groups in total. The molecule has 0 saturated heterocycles. The first-order valence-electron chi connectivity index (χ1n) is 7.72. The molecule has 0 bridgehead atoms. The fourth-order valence-electron chi connectivity index (χ4n) is 2.98. The summed E-state index contributed by atoms with van der Waals surface area (Å²) in [6.45, 7) is 5.73. The fraction of sp³-hybridized carbons (Fsp3) is 0.211. The minimum Gasteiger partial charge on any atom is -0.360 e. The Morgan fingerprint density at radius 1 is 0.960 bits per heavy atom. The van der Waals surface area contributed by atoms with Crippen molar-refractivity contribution in [2.45, 2.75) is 25.7 Å². The van der Waals surface area contributed by atoms with Crippen LogP contribution in [-0.2, 0) is 9.84 Å². The smallest absolute Gasteiger partial charge is 0.178 e. The van der Waals surface area contributed by atoms with Gasteiger partial charge in [0, 0.05) is 11.8 Å². The van der Waals surface area contributed by atoms with E-state index in [0.29, 0.717) is 22.6 Å². The van der Waals surface area contributed by atoms with Gasteiger partial charge in [-0.25, -0.2) is 12.8 Å². The monoisotopic (exact) mass is 359 g/mol. The van der Waals surface area contributed by atoms with E-state index in [-0.39, 0.29) is 4.90 Å². The molecular formula is C19H18FNO3S. The zero-order valence-electron chi connectivity index (χ0n) is 14.4. The summed E-state index contributed by atoms with van der Waals surface area (Å²) in [5, 5.41) is 4.13. The van der Waals surface area contributed by atoms with Crippen molar-refractivity contribution < 1.29 is 17.3 Å². The molecule has 6 heteroatoms. The van der Waals surface area contributed by atoms with Gasteiger partial charge in [0.2, 0.25) is 0 Å². The largest absolute Gasteiger partial charge is 0.360 e. The quantitative estimate of drug-likeness (QED) is 0.692. The molecule has 25 heavy (non-hydrogen) atoms. The second kappa shape index (κ2) is 6.11. The molecule has 0 aliphatic rings. The number of rotatable bonds is 3. The number of hydrogen-bond acceptors (Lipinski definition) is 4. The van der Waals surface area contributed by atoms with E-state index in [4.69, 9.17) is 4.52 Å². The van der Waals surface area contributed by atoms with Gasteiger partial charge >= 0.3 is 0 Å². The van der Waals surface area contributed by atoms with Crippen LogP contribution in [0.3, 0.4) is 0 Å². The van der Waals surface area contributed by atoms with Gasteiger partial charge in [-0.3, -0.25) is 0 Å². The molecule has 3 aromatic rings. The van der Waals surface area contributed by atoms with E-state index in [0.717, 1.165) is 22.9 Å². The number of benzene rings is 2. The van der Waals surface area contributed by atoms with Crippen LogP contribution in [0.5, 0.6) is 0 Å². The molecule has 0 amide bonds. The van der Waals surface area contributed by atoms with Crippen molar-refractivity contribution in [3.63, 3.8) is 0 Å². The van der Waals surface area contributed by atoms with E-state index in [2.05, 4.69) is 11.2 Å². The highest BCUT2D eigenvalue weighted by Crippen LogP contribution is 2.36. The number of hydrogen-bond donors (Lipinski definition) is 0. The summed E-state index contributed by atoms with van der Waals surface area (Å²) >= 11 is 0. The molecule has 0 atom stereocenters. The summed E-state index contributed by atoms with van der Waals surface area (Å²) in [6.07, 6.45) is 0.983. The third-order valence-corrected chi connectivity index (χ3v) is 5.11. The lowest BCUT2D eigenvalue weighted by Gasteiger charge is -2.07. The lowest BCUT2D eigenvalue weighted by molar-refractivity contribution is 0.400. The SMILES string of the molecule is Cc1cc(C)cc(-c2noc(C)c2-c2ccc(S(C)(=O)=O)c(F)c2)c1. The lowest BCUT2D eigenvalue weighted by Crippen LogP contribution is -2.00. The minimum absolute atomic E-state index is 0.321. The van der Waals surface area contributed by atoms with E-state index >= 15 is 0 Å². The average molecular weight is 359 g/mol. The van der Waals surface area contributed by atoms with E-state index in [1.165, 1.54) is 12.1 Å². The van der Waals surface area contributed by atoms with Gasteiger partial charge in [-0.05, 0) is 50.6 Å². The van der Waals surface area contributed by atoms with E-state index in [9.17, 15) is 12.8 Å². The fourth-order valence-corrected chi connectivity index (χ4v) is 3.71. The molecule has 0 radical (unpaired) electrons. The summed E-state index contributed by atoms with van der Waals surface area (Å²) in [4.78, 5) is -0.321.